The van der Waals surface area contributed by atoms with Crippen molar-refractivity contribution in [2.45, 2.75) is 31.4 Å². The van der Waals surface area contributed by atoms with Crippen LogP contribution in [0.3, 0.4) is 0 Å². The van der Waals surface area contributed by atoms with Gasteiger partial charge in [0.05, 0.1) is 11.4 Å². The third-order valence-corrected chi connectivity index (χ3v) is 5.53. The molecule has 1 unspecified atom stereocenters. The van der Waals surface area contributed by atoms with Gasteiger partial charge in [-0.15, -0.1) is 0 Å². The Kier molecular flexibility index (Phi) is 5.27. The fourth-order valence-electron chi connectivity index (χ4n) is 2.52. The molecular weight excluding hydrogens is 350 g/mol. The Morgan fingerprint density at radius 3 is 2.12 bits per heavy atom. The Hall–Kier alpha value is -2.41. The van der Waals surface area contributed by atoms with Crippen LogP contribution in [0.2, 0.25) is 0 Å². The van der Waals surface area contributed by atoms with Crippen LogP contribution in [0.1, 0.15) is 34.3 Å². The second-order valence-corrected chi connectivity index (χ2v) is 8.02. The van der Waals surface area contributed by atoms with Crippen molar-refractivity contribution < 1.29 is 17.9 Å². The van der Waals surface area contributed by atoms with Crippen molar-refractivity contribution in [2.24, 2.45) is 0 Å². The number of sulfonamides is 1. The lowest BCUT2D eigenvalue weighted by Gasteiger charge is -2.09. The molecule has 0 amide bonds. The minimum Gasteiger partial charge on any atom is -0.462 e. The number of rotatable bonds is 6. The highest BCUT2D eigenvalue weighted by Crippen LogP contribution is 2.24. The maximum Gasteiger partial charge on any atom is 0.240 e. The zero-order chi connectivity index (χ0) is 18.7. The molecule has 26 heavy (non-hydrogen) atoms. The van der Waals surface area contributed by atoms with Crippen molar-refractivity contribution >= 4 is 10.0 Å². The molecule has 0 saturated heterocycles. The van der Waals surface area contributed by atoms with Crippen molar-refractivity contribution in [3.63, 3.8) is 0 Å². The summed E-state index contributed by atoms with van der Waals surface area (Å²) in [4.78, 5) is 0.203. The molecule has 0 radical (unpaired) electrons. The van der Waals surface area contributed by atoms with E-state index in [2.05, 4.69) is 4.72 Å². The molecule has 1 aromatic heterocycles. The van der Waals surface area contributed by atoms with Gasteiger partial charge in [-0.3, -0.25) is 0 Å². The van der Waals surface area contributed by atoms with E-state index in [0.717, 1.165) is 16.7 Å². The van der Waals surface area contributed by atoms with Crippen LogP contribution < -0.4 is 4.72 Å². The number of nitrogens with one attached hydrogen (secondary N) is 1. The van der Waals surface area contributed by atoms with Gasteiger partial charge in [0.15, 0.2) is 0 Å². The van der Waals surface area contributed by atoms with E-state index in [9.17, 15) is 13.5 Å². The number of aliphatic hydroxyl groups is 1. The largest absolute Gasteiger partial charge is 0.462 e. The molecule has 0 aliphatic rings. The first-order valence-corrected chi connectivity index (χ1v) is 9.73. The van der Waals surface area contributed by atoms with E-state index in [1.165, 1.54) is 0 Å². The minimum absolute atomic E-state index is 0.0107. The van der Waals surface area contributed by atoms with E-state index in [1.807, 2.05) is 38.1 Å². The zero-order valence-corrected chi connectivity index (χ0v) is 15.5. The second-order valence-electron chi connectivity index (χ2n) is 6.25. The van der Waals surface area contributed by atoms with E-state index >= 15 is 0 Å². The number of benzene rings is 2. The highest BCUT2D eigenvalue weighted by atomic mass is 32.2. The summed E-state index contributed by atoms with van der Waals surface area (Å²) >= 11 is 0. The predicted molar refractivity (Wildman–Crippen MR) is 99.2 cm³/mol. The van der Waals surface area contributed by atoms with E-state index in [1.54, 1.807) is 36.4 Å². The molecule has 0 aliphatic heterocycles. The molecule has 0 spiro atoms. The van der Waals surface area contributed by atoms with Gasteiger partial charge >= 0.3 is 0 Å². The molecule has 136 valence electrons. The lowest BCUT2D eigenvalue weighted by Crippen LogP contribution is -2.22. The fourth-order valence-corrected chi connectivity index (χ4v) is 3.51. The number of aryl methyl sites for hydroxylation is 2. The summed E-state index contributed by atoms with van der Waals surface area (Å²) in [6.45, 7) is 3.88. The lowest BCUT2D eigenvalue weighted by atomic mass is 10.1. The van der Waals surface area contributed by atoms with Crippen LogP contribution >= 0.6 is 0 Å². The van der Waals surface area contributed by atoms with Crippen LogP contribution in [0.15, 0.2) is 70.0 Å². The standard InChI is InChI=1S/C20H21NO4S/c1-14-3-7-16(8-4-14)20(22)19-12-9-17(25-19)13-21-26(23,24)18-10-5-15(2)6-11-18/h3-12,20-22H,13H2,1-2H3. The molecule has 1 atom stereocenters. The Morgan fingerprint density at radius 1 is 0.923 bits per heavy atom. The molecule has 0 fully saturated rings. The van der Waals surface area contributed by atoms with Crippen LogP contribution in [0.4, 0.5) is 0 Å². The van der Waals surface area contributed by atoms with Gasteiger partial charge in [0.1, 0.15) is 17.6 Å². The summed E-state index contributed by atoms with van der Waals surface area (Å²) in [5.74, 6) is 0.806. The quantitative estimate of drug-likeness (QED) is 0.695. The highest BCUT2D eigenvalue weighted by molar-refractivity contribution is 7.89. The van der Waals surface area contributed by atoms with Gasteiger partial charge in [-0.2, -0.15) is 0 Å². The molecular formula is C20H21NO4S. The van der Waals surface area contributed by atoms with Crippen LogP contribution in [0.25, 0.3) is 0 Å². The van der Waals surface area contributed by atoms with E-state index in [-0.39, 0.29) is 11.4 Å². The summed E-state index contributed by atoms with van der Waals surface area (Å²) in [5.41, 5.74) is 2.81. The van der Waals surface area contributed by atoms with Crippen LogP contribution in [-0.4, -0.2) is 13.5 Å². The summed E-state index contributed by atoms with van der Waals surface area (Å²) in [5, 5.41) is 10.4. The smallest absolute Gasteiger partial charge is 0.240 e. The van der Waals surface area contributed by atoms with Crippen LogP contribution in [-0.2, 0) is 16.6 Å². The van der Waals surface area contributed by atoms with E-state index in [0.29, 0.717) is 11.5 Å². The highest BCUT2D eigenvalue weighted by Gasteiger charge is 2.17. The van der Waals surface area contributed by atoms with Crippen molar-refractivity contribution in [3.05, 3.63) is 88.9 Å². The van der Waals surface area contributed by atoms with Gasteiger partial charge in [-0.1, -0.05) is 47.5 Å². The fraction of sp³-hybridized carbons (Fsp3) is 0.200. The van der Waals surface area contributed by atoms with Gasteiger partial charge in [-0.05, 0) is 43.7 Å². The number of furan rings is 1. The van der Waals surface area contributed by atoms with Crippen molar-refractivity contribution in [1.82, 2.24) is 4.72 Å². The van der Waals surface area contributed by atoms with Gasteiger partial charge in [-0.25, -0.2) is 13.1 Å². The average Bonchev–Trinajstić information content (AvgIpc) is 3.10. The SMILES string of the molecule is Cc1ccc(C(O)c2ccc(CNS(=O)(=O)c3ccc(C)cc3)o2)cc1. The normalized spacial score (nSPS) is 12.9. The molecule has 1 heterocycles. The molecule has 0 saturated carbocycles. The topological polar surface area (TPSA) is 79.5 Å². The Labute approximate surface area is 153 Å². The molecule has 2 N–H and O–H groups in total. The maximum absolute atomic E-state index is 12.3. The van der Waals surface area contributed by atoms with Crippen molar-refractivity contribution in [3.8, 4) is 0 Å². The third kappa shape index (κ3) is 4.22. The first-order valence-electron chi connectivity index (χ1n) is 8.25. The molecule has 3 rings (SSSR count). The summed E-state index contributed by atoms with van der Waals surface area (Å²) in [7, 11) is -3.62. The van der Waals surface area contributed by atoms with Gasteiger partial charge in [0, 0.05) is 0 Å². The third-order valence-electron chi connectivity index (χ3n) is 4.11. The first kappa shape index (κ1) is 18.4. The number of aliphatic hydroxyl groups excluding tert-OH is 1. The molecule has 6 heteroatoms. The Bertz CT molecular complexity index is 973. The van der Waals surface area contributed by atoms with Crippen molar-refractivity contribution in [1.29, 1.82) is 0 Å². The molecule has 2 aromatic carbocycles. The lowest BCUT2D eigenvalue weighted by molar-refractivity contribution is 0.186. The number of hydrogen-bond acceptors (Lipinski definition) is 4. The molecule has 3 aromatic rings. The minimum atomic E-state index is -3.62. The van der Waals surface area contributed by atoms with E-state index < -0.39 is 16.1 Å². The van der Waals surface area contributed by atoms with Gasteiger partial charge in [0.2, 0.25) is 10.0 Å². The van der Waals surface area contributed by atoms with E-state index in [4.69, 9.17) is 4.42 Å². The predicted octanol–water partition coefficient (Wildman–Crippen LogP) is 3.46. The Morgan fingerprint density at radius 2 is 1.50 bits per heavy atom. The first-order chi connectivity index (χ1) is 12.3. The second kappa shape index (κ2) is 7.45. The number of hydrogen-bond donors (Lipinski definition) is 2. The summed E-state index contributed by atoms with van der Waals surface area (Å²) in [6.07, 6.45) is -0.891. The Balaban J connectivity index is 1.68. The zero-order valence-electron chi connectivity index (χ0n) is 14.6. The van der Waals surface area contributed by atoms with Crippen LogP contribution in [0, 0.1) is 13.8 Å². The summed E-state index contributed by atoms with van der Waals surface area (Å²) < 4.78 is 32.7. The summed E-state index contributed by atoms with van der Waals surface area (Å²) in [6, 6.07) is 17.4. The molecule has 5 nitrogen and oxygen atoms in total. The van der Waals surface area contributed by atoms with Crippen LogP contribution in [0.5, 0.6) is 0 Å². The maximum atomic E-state index is 12.3. The average molecular weight is 371 g/mol. The molecule has 0 aliphatic carbocycles. The monoisotopic (exact) mass is 371 g/mol. The molecule has 0 bridgehead atoms. The van der Waals surface area contributed by atoms with Gasteiger partial charge in [0.25, 0.3) is 0 Å². The van der Waals surface area contributed by atoms with Gasteiger partial charge < -0.3 is 9.52 Å². The van der Waals surface area contributed by atoms with Crippen molar-refractivity contribution in [2.75, 3.05) is 0 Å².